The first-order valence-electron chi connectivity index (χ1n) is 18.0. The number of hydrogen-bond donors (Lipinski definition) is 0. The van der Waals surface area contributed by atoms with Crippen molar-refractivity contribution in [1.29, 1.82) is 0 Å². The standard InChI is InChI=1S/C25H19F6O4.C21H19O2.Y/c1-32-24(30)22(26,27)23(28,29)25(24,31)35-21-13-9-18(10-14-21)15-17-7-11-20(12-8-17)34-16-33-19-5-3-2-4-6-19;1-17-7-9-18(10-8-17)15-19-11-13-21(14-12-19)23-16-22-20-5-3-2-4-6-20;/h3-14H,15-16H2,1H3;3-14H,15-16H2,1H3;/q2*-1;. The maximum atomic E-state index is 14.6. The van der Waals surface area contributed by atoms with Crippen molar-refractivity contribution in [3.8, 4) is 28.7 Å². The quantitative estimate of drug-likeness (QED) is 0.0582. The van der Waals surface area contributed by atoms with Crippen LogP contribution >= 0.6 is 0 Å². The Hall–Kier alpha value is -5.04. The monoisotopic (exact) mass is 889 g/mol. The summed E-state index contributed by atoms with van der Waals surface area (Å²) in [5.41, 5.74) is 5.40. The fraction of sp³-hybridized carbons (Fsp3) is 0.217. The van der Waals surface area contributed by atoms with Crippen LogP contribution in [0.15, 0.2) is 146 Å². The van der Waals surface area contributed by atoms with Crippen LogP contribution in [0.5, 0.6) is 28.7 Å². The zero-order chi connectivity index (χ0) is 41.2. The van der Waals surface area contributed by atoms with E-state index in [0.717, 1.165) is 35.6 Å². The van der Waals surface area contributed by atoms with Gasteiger partial charge in [0, 0.05) is 51.3 Å². The number of hydrogen-bond acceptors (Lipinski definition) is 6. The zero-order valence-electron chi connectivity index (χ0n) is 32.0. The first-order chi connectivity index (χ1) is 27.8. The molecular weight excluding hydrogens is 851 g/mol. The number of alkyl halides is 6. The number of rotatable bonds is 15. The van der Waals surface area contributed by atoms with Gasteiger partial charge in [-0.05, 0) is 78.4 Å². The summed E-state index contributed by atoms with van der Waals surface area (Å²) in [6, 6.07) is 48.9. The summed E-state index contributed by atoms with van der Waals surface area (Å²) < 4.78 is 113. The Kier molecular flexibility index (Phi) is 15.1. The smallest absolute Gasteiger partial charge is 0.390 e. The molecule has 1 fully saturated rings. The Balaban J connectivity index is 0.000000239. The van der Waals surface area contributed by atoms with E-state index < -0.39 is 29.3 Å². The van der Waals surface area contributed by atoms with Crippen molar-refractivity contribution in [2.75, 3.05) is 20.7 Å². The average molecular weight is 890 g/mol. The van der Waals surface area contributed by atoms with Crippen molar-refractivity contribution in [3.63, 3.8) is 0 Å². The summed E-state index contributed by atoms with van der Waals surface area (Å²) in [6.07, 6.45) is 1.33. The van der Waals surface area contributed by atoms with Crippen LogP contribution in [0.2, 0.25) is 0 Å². The van der Waals surface area contributed by atoms with Gasteiger partial charge >= 0.3 is 23.6 Å². The van der Waals surface area contributed by atoms with Crippen LogP contribution < -0.4 is 23.7 Å². The Morgan fingerprint density at radius 3 is 1.08 bits per heavy atom. The van der Waals surface area contributed by atoms with E-state index in [-0.39, 0.29) is 46.3 Å². The first kappa shape index (κ1) is 45.1. The third-order valence-electron chi connectivity index (χ3n) is 9.14. The Morgan fingerprint density at radius 1 is 0.424 bits per heavy atom. The number of benzene rings is 6. The first-order valence-corrected chi connectivity index (χ1v) is 18.0. The zero-order valence-corrected chi connectivity index (χ0v) is 34.8. The molecule has 0 N–H and O–H groups in total. The summed E-state index contributed by atoms with van der Waals surface area (Å²) in [7, 11) is 0.357. The van der Waals surface area contributed by atoms with E-state index >= 15 is 0 Å². The fourth-order valence-electron chi connectivity index (χ4n) is 5.82. The fourth-order valence-corrected chi connectivity index (χ4v) is 5.82. The average Bonchev–Trinajstić information content (AvgIpc) is 3.24. The SMILES string of the molecule is COC1(F)C(F)(F)C(F)(F)C1(F)Oc1ccc(Cc2ccc(OCOc3cc[c-]cc3)cc2)cc1.Cc1ccc(Cc2ccc(OCOc3cc[c-]cc3)cc2)cc1.[Y]. The summed E-state index contributed by atoms with van der Waals surface area (Å²) in [5.74, 6) is -17.9. The molecule has 2 atom stereocenters. The molecule has 1 aliphatic rings. The molecule has 0 aliphatic heterocycles. The molecular formula is C46H38F6O6Y-2. The topological polar surface area (TPSA) is 55.4 Å². The Labute approximate surface area is 363 Å². The number of halogens is 6. The number of aryl methyl sites for hydroxylation is 1. The van der Waals surface area contributed by atoms with Gasteiger partial charge in [-0.25, -0.2) is 0 Å². The molecule has 0 bridgehead atoms. The van der Waals surface area contributed by atoms with Crippen LogP contribution in [-0.4, -0.2) is 44.3 Å². The summed E-state index contributed by atoms with van der Waals surface area (Å²) in [4.78, 5) is 0. The molecule has 0 heterocycles. The Bertz CT molecular complexity index is 2180. The molecule has 6 nitrogen and oxygen atoms in total. The molecule has 305 valence electrons. The van der Waals surface area contributed by atoms with Gasteiger partial charge in [0.1, 0.15) is 17.2 Å². The summed E-state index contributed by atoms with van der Waals surface area (Å²) in [6.45, 7) is 2.31. The molecule has 6 aromatic carbocycles. The van der Waals surface area contributed by atoms with E-state index in [9.17, 15) is 26.3 Å². The summed E-state index contributed by atoms with van der Waals surface area (Å²) in [5, 5.41) is 0. The van der Waals surface area contributed by atoms with Crippen molar-refractivity contribution >= 4 is 0 Å². The van der Waals surface area contributed by atoms with Gasteiger partial charge in [0.15, 0.2) is 0 Å². The second-order valence-electron chi connectivity index (χ2n) is 13.2. The molecule has 6 aromatic rings. The largest absolute Gasteiger partial charge is 0.483 e. The van der Waals surface area contributed by atoms with Crippen molar-refractivity contribution in [2.24, 2.45) is 0 Å². The molecule has 0 amide bonds. The van der Waals surface area contributed by atoms with E-state index in [1.165, 1.54) is 28.8 Å². The van der Waals surface area contributed by atoms with E-state index in [1.54, 1.807) is 48.5 Å². The molecule has 1 saturated carbocycles. The second-order valence-corrected chi connectivity index (χ2v) is 13.2. The predicted octanol–water partition coefficient (Wildman–Crippen LogP) is 10.9. The van der Waals surface area contributed by atoms with Crippen molar-refractivity contribution in [2.45, 2.75) is 43.3 Å². The predicted molar refractivity (Wildman–Crippen MR) is 204 cm³/mol. The molecule has 7 rings (SSSR count). The van der Waals surface area contributed by atoms with Gasteiger partial charge in [0.25, 0.3) is 0 Å². The molecule has 2 unspecified atom stereocenters. The van der Waals surface area contributed by atoms with Crippen molar-refractivity contribution < 1.29 is 87.5 Å². The minimum absolute atomic E-state index is 0. The van der Waals surface area contributed by atoms with E-state index in [4.69, 9.17) is 18.9 Å². The van der Waals surface area contributed by atoms with Gasteiger partial charge in [0.05, 0.1) is 0 Å². The third kappa shape index (κ3) is 10.4. The van der Waals surface area contributed by atoms with E-state index in [0.29, 0.717) is 30.6 Å². The van der Waals surface area contributed by atoms with Crippen LogP contribution in [0.1, 0.15) is 27.8 Å². The maximum absolute atomic E-state index is 14.6. The molecule has 0 saturated heterocycles. The second kappa shape index (κ2) is 19.8. The van der Waals surface area contributed by atoms with Crippen LogP contribution in [-0.2, 0) is 50.3 Å². The van der Waals surface area contributed by atoms with Gasteiger partial charge in [0.2, 0.25) is 13.6 Å². The molecule has 0 aromatic heterocycles. The normalized spacial score (nSPS) is 18.4. The third-order valence-corrected chi connectivity index (χ3v) is 9.14. The van der Waals surface area contributed by atoms with Gasteiger partial charge in [-0.2, -0.15) is 62.7 Å². The Morgan fingerprint density at radius 2 is 0.729 bits per heavy atom. The molecule has 13 heteroatoms. The van der Waals surface area contributed by atoms with Gasteiger partial charge in [-0.1, -0.05) is 66.2 Å². The molecule has 59 heavy (non-hydrogen) atoms. The van der Waals surface area contributed by atoms with Crippen LogP contribution in [0.4, 0.5) is 26.3 Å². The maximum Gasteiger partial charge on any atom is 0.390 e. The molecule has 0 spiro atoms. The minimum atomic E-state index is -5.43. The van der Waals surface area contributed by atoms with Crippen molar-refractivity contribution in [1.82, 2.24) is 0 Å². The van der Waals surface area contributed by atoms with Gasteiger partial charge in [-0.15, -0.1) is 24.3 Å². The van der Waals surface area contributed by atoms with Crippen molar-refractivity contribution in [3.05, 3.63) is 186 Å². The van der Waals surface area contributed by atoms with Crippen LogP contribution in [0.3, 0.4) is 0 Å². The van der Waals surface area contributed by atoms with Gasteiger partial charge < -0.3 is 28.4 Å². The number of ether oxygens (including phenoxy) is 6. The van der Waals surface area contributed by atoms with E-state index in [2.05, 4.69) is 64.9 Å². The van der Waals surface area contributed by atoms with E-state index in [1.807, 2.05) is 36.4 Å². The molecule has 1 aliphatic carbocycles. The number of methoxy groups -OCH3 is 1. The van der Waals surface area contributed by atoms with Gasteiger partial charge in [-0.3, -0.25) is 0 Å². The minimum Gasteiger partial charge on any atom is -0.483 e. The summed E-state index contributed by atoms with van der Waals surface area (Å²) >= 11 is 0. The van der Waals surface area contributed by atoms with Crippen LogP contribution in [0.25, 0.3) is 0 Å². The van der Waals surface area contributed by atoms with Crippen LogP contribution in [0, 0.1) is 19.1 Å². The molecule has 1 radical (unpaired) electrons.